The van der Waals surface area contributed by atoms with Crippen LogP contribution in [0, 0.1) is 13.8 Å². The highest BCUT2D eigenvalue weighted by Crippen LogP contribution is 2.29. The van der Waals surface area contributed by atoms with Crippen molar-refractivity contribution in [3.05, 3.63) is 62.2 Å². The fourth-order valence-electron chi connectivity index (χ4n) is 3.78. The van der Waals surface area contributed by atoms with Crippen LogP contribution in [0.1, 0.15) is 45.0 Å². The largest absolute Gasteiger partial charge is 0.350 e. The molecule has 1 aliphatic heterocycles. The van der Waals surface area contributed by atoms with Gasteiger partial charge in [0.1, 0.15) is 10.7 Å². The molecule has 1 saturated heterocycles. The Kier molecular flexibility index (Phi) is 4.89. The van der Waals surface area contributed by atoms with Crippen molar-refractivity contribution in [3.63, 3.8) is 0 Å². The molecule has 0 N–H and O–H groups in total. The van der Waals surface area contributed by atoms with Crippen molar-refractivity contribution in [2.24, 2.45) is 7.05 Å². The monoisotopic (exact) mass is 397 g/mol. The van der Waals surface area contributed by atoms with Crippen LogP contribution in [0.2, 0.25) is 0 Å². The van der Waals surface area contributed by atoms with Gasteiger partial charge in [0.2, 0.25) is 0 Å². The number of amides is 1. The summed E-state index contributed by atoms with van der Waals surface area (Å²) >= 11 is 1.45. The second-order valence-corrected chi connectivity index (χ2v) is 8.35. The van der Waals surface area contributed by atoms with Gasteiger partial charge in [0, 0.05) is 26.1 Å². The van der Waals surface area contributed by atoms with E-state index in [1.807, 2.05) is 49.1 Å². The molecule has 0 saturated carbocycles. The molecule has 1 amide bonds. The molecule has 4 rings (SSSR count). The molecule has 3 aromatic rings. The molecule has 0 aliphatic carbocycles. The number of rotatable bonds is 3. The van der Waals surface area contributed by atoms with Gasteiger partial charge in [-0.2, -0.15) is 5.10 Å². The second-order valence-electron chi connectivity index (χ2n) is 7.15. The van der Waals surface area contributed by atoms with Crippen LogP contribution in [0.5, 0.6) is 0 Å². The van der Waals surface area contributed by atoms with Crippen LogP contribution < -0.4 is 5.69 Å². The fraction of sp³-hybridized carbons (Fsp3) is 0.400. The van der Waals surface area contributed by atoms with Gasteiger partial charge in [0.25, 0.3) is 5.91 Å². The minimum absolute atomic E-state index is 0.0584. The van der Waals surface area contributed by atoms with E-state index < -0.39 is 0 Å². The van der Waals surface area contributed by atoms with Crippen LogP contribution in [0.3, 0.4) is 0 Å². The number of hydrogen-bond acceptors (Lipinski definition) is 5. The summed E-state index contributed by atoms with van der Waals surface area (Å²) in [5, 5.41) is 5.42. The lowest BCUT2D eigenvalue weighted by Gasteiger charge is -2.31. The molecule has 7 nitrogen and oxygen atoms in total. The second kappa shape index (κ2) is 7.35. The van der Waals surface area contributed by atoms with Gasteiger partial charge in [-0.3, -0.25) is 4.79 Å². The zero-order valence-corrected chi connectivity index (χ0v) is 17.1. The molecule has 0 atom stereocenters. The normalized spacial score (nSPS) is 15.2. The molecule has 0 bridgehead atoms. The van der Waals surface area contributed by atoms with Gasteiger partial charge in [0.05, 0.1) is 16.4 Å². The third-order valence-corrected chi connectivity index (χ3v) is 6.27. The highest BCUT2D eigenvalue weighted by molar-refractivity contribution is 7.13. The minimum Gasteiger partial charge on any atom is -0.338 e. The van der Waals surface area contributed by atoms with Gasteiger partial charge < -0.3 is 4.90 Å². The third-order valence-electron chi connectivity index (χ3n) is 5.21. The number of para-hydroxylation sites is 1. The number of thiazole rings is 1. The van der Waals surface area contributed by atoms with E-state index in [1.54, 1.807) is 11.6 Å². The molecule has 1 aromatic carbocycles. The van der Waals surface area contributed by atoms with Crippen molar-refractivity contribution < 1.29 is 4.79 Å². The van der Waals surface area contributed by atoms with Gasteiger partial charge in [-0.25, -0.2) is 19.0 Å². The van der Waals surface area contributed by atoms with Gasteiger partial charge in [-0.1, -0.05) is 18.2 Å². The smallest absolute Gasteiger partial charge is 0.338 e. The summed E-state index contributed by atoms with van der Waals surface area (Å²) in [6.07, 6.45) is 1.57. The average Bonchev–Trinajstić information content (AvgIpc) is 3.20. The number of aryl methyl sites for hydroxylation is 3. The number of benzene rings is 1. The van der Waals surface area contributed by atoms with Crippen molar-refractivity contribution in [1.29, 1.82) is 0 Å². The minimum atomic E-state index is -0.143. The molecule has 1 aliphatic rings. The van der Waals surface area contributed by atoms with Crippen LogP contribution in [-0.2, 0) is 7.05 Å². The molecule has 8 heteroatoms. The highest BCUT2D eigenvalue weighted by atomic mass is 32.1. The summed E-state index contributed by atoms with van der Waals surface area (Å²) in [4.78, 5) is 32.5. The quantitative estimate of drug-likeness (QED) is 0.681. The Labute approximate surface area is 167 Å². The standard InChI is InChI=1S/C20H23N5O2S/c1-13-17(28-14(2)21-13)19(26)24-11-9-15(10-12-24)18-22-23(3)20(27)25(18)16-7-5-4-6-8-16/h4-8,15H,9-12H2,1-3H3. The van der Waals surface area contributed by atoms with Crippen LogP contribution in [-0.4, -0.2) is 43.2 Å². The number of carbonyl (C=O) groups excluding carboxylic acids is 1. The van der Waals surface area contributed by atoms with Gasteiger partial charge in [0.15, 0.2) is 0 Å². The first-order chi connectivity index (χ1) is 13.5. The molecule has 1 fully saturated rings. The van der Waals surface area contributed by atoms with Crippen molar-refractivity contribution in [3.8, 4) is 5.69 Å². The highest BCUT2D eigenvalue weighted by Gasteiger charge is 2.30. The molecular formula is C20H23N5O2S. The lowest BCUT2D eigenvalue weighted by molar-refractivity contribution is 0.0714. The van der Waals surface area contributed by atoms with E-state index in [1.165, 1.54) is 16.0 Å². The number of likely N-dealkylation sites (tertiary alicyclic amines) is 1. The maximum atomic E-state index is 12.8. The van der Waals surface area contributed by atoms with Crippen LogP contribution in [0.25, 0.3) is 5.69 Å². The van der Waals surface area contributed by atoms with E-state index in [0.29, 0.717) is 13.1 Å². The maximum Gasteiger partial charge on any atom is 0.350 e. The summed E-state index contributed by atoms with van der Waals surface area (Å²) < 4.78 is 3.09. The predicted octanol–water partition coefficient (Wildman–Crippen LogP) is 2.66. The fourth-order valence-corrected chi connectivity index (χ4v) is 4.67. The number of carbonyl (C=O) groups is 1. The van der Waals surface area contributed by atoms with E-state index in [4.69, 9.17) is 0 Å². The van der Waals surface area contributed by atoms with E-state index in [-0.39, 0.29) is 17.5 Å². The number of nitrogens with zero attached hydrogens (tertiary/aromatic N) is 5. The van der Waals surface area contributed by atoms with Crippen molar-refractivity contribution >= 4 is 17.2 Å². The first-order valence-corrected chi connectivity index (χ1v) is 10.2. The van der Waals surface area contributed by atoms with Gasteiger partial charge >= 0.3 is 5.69 Å². The summed E-state index contributed by atoms with van der Waals surface area (Å²) in [5.74, 6) is 0.973. The maximum absolute atomic E-state index is 12.8. The Bertz CT molecular complexity index is 1060. The van der Waals surface area contributed by atoms with E-state index in [2.05, 4.69) is 10.1 Å². The first-order valence-electron chi connectivity index (χ1n) is 9.40. The summed E-state index contributed by atoms with van der Waals surface area (Å²) in [7, 11) is 1.68. The van der Waals surface area contributed by atoms with Gasteiger partial charge in [-0.05, 0) is 38.8 Å². The summed E-state index contributed by atoms with van der Waals surface area (Å²) in [6, 6.07) is 9.59. The Morgan fingerprint density at radius 1 is 1.14 bits per heavy atom. The molecular weight excluding hydrogens is 374 g/mol. The number of piperidine rings is 1. The van der Waals surface area contributed by atoms with E-state index in [0.717, 1.165) is 39.9 Å². The van der Waals surface area contributed by atoms with E-state index >= 15 is 0 Å². The predicted molar refractivity (Wildman–Crippen MR) is 108 cm³/mol. The summed E-state index contributed by atoms with van der Waals surface area (Å²) in [6.45, 7) is 5.11. The topological polar surface area (TPSA) is 73.0 Å². The number of hydrogen-bond donors (Lipinski definition) is 0. The molecule has 0 radical (unpaired) electrons. The Morgan fingerprint density at radius 2 is 1.82 bits per heavy atom. The van der Waals surface area contributed by atoms with E-state index in [9.17, 15) is 9.59 Å². The molecule has 0 unspecified atom stereocenters. The lowest BCUT2D eigenvalue weighted by atomic mass is 9.95. The molecule has 0 spiro atoms. The Hall–Kier alpha value is -2.74. The zero-order valence-electron chi connectivity index (χ0n) is 16.3. The van der Waals surface area contributed by atoms with Crippen molar-refractivity contribution in [1.82, 2.24) is 24.2 Å². The SMILES string of the molecule is Cc1nc(C)c(C(=O)N2CCC(c3nn(C)c(=O)n3-c3ccccc3)CC2)s1. The third kappa shape index (κ3) is 3.28. The van der Waals surface area contributed by atoms with Crippen LogP contribution >= 0.6 is 11.3 Å². The molecule has 28 heavy (non-hydrogen) atoms. The van der Waals surface area contributed by atoms with Gasteiger partial charge in [-0.15, -0.1) is 11.3 Å². The summed E-state index contributed by atoms with van der Waals surface area (Å²) in [5.41, 5.74) is 1.48. The molecule has 3 heterocycles. The molecule has 146 valence electrons. The molecule has 2 aromatic heterocycles. The number of aromatic nitrogens is 4. The van der Waals surface area contributed by atoms with Crippen molar-refractivity contribution in [2.75, 3.05) is 13.1 Å². The van der Waals surface area contributed by atoms with Crippen molar-refractivity contribution in [2.45, 2.75) is 32.6 Å². The Balaban J connectivity index is 1.55. The lowest BCUT2D eigenvalue weighted by Crippen LogP contribution is -2.38. The van der Waals surface area contributed by atoms with Crippen LogP contribution in [0.4, 0.5) is 0 Å². The Morgan fingerprint density at radius 3 is 2.43 bits per heavy atom. The van der Waals surface area contributed by atoms with Crippen LogP contribution in [0.15, 0.2) is 35.1 Å². The average molecular weight is 398 g/mol. The first kappa shape index (κ1) is 18.6. The zero-order chi connectivity index (χ0) is 19.8.